The van der Waals surface area contributed by atoms with E-state index in [4.69, 9.17) is 0 Å². The largest absolute Gasteiger partial charge is 0.332 e. The molecule has 4 aromatic rings. The molecule has 0 atom stereocenters. The Kier molecular flexibility index (Phi) is 7.00. The SMILES string of the molecule is Cc1ccc(Nc2nc(-c3ccc(S(=O)(=O)N4CCC(Cc5ccccc5)CC4)cc3)cs2)cc1. The number of piperidine rings is 1. The van der Waals surface area contributed by atoms with E-state index in [1.807, 2.05) is 35.7 Å². The molecule has 5 nitrogen and oxygen atoms in total. The molecule has 1 N–H and O–H groups in total. The van der Waals surface area contributed by atoms with Gasteiger partial charge in [-0.15, -0.1) is 11.3 Å². The van der Waals surface area contributed by atoms with E-state index in [1.54, 1.807) is 16.4 Å². The zero-order valence-corrected chi connectivity index (χ0v) is 21.4. The van der Waals surface area contributed by atoms with Gasteiger partial charge in [-0.05, 0) is 61.9 Å². The van der Waals surface area contributed by atoms with Crippen LogP contribution in [0.3, 0.4) is 0 Å². The van der Waals surface area contributed by atoms with Crippen LogP contribution >= 0.6 is 11.3 Å². The van der Waals surface area contributed by atoms with Crippen molar-refractivity contribution in [1.82, 2.24) is 9.29 Å². The first-order chi connectivity index (χ1) is 17.0. The molecule has 0 amide bonds. The Morgan fingerprint density at radius 1 is 0.943 bits per heavy atom. The molecule has 2 heterocycles. The summed E-state index contributed by atoms with van der Waals surface area (Å²) >= 11 is 1.53. The van der Waals surface area contributed by atoms with Gasteiger partial charge in [0.1, 0.15) is 0 Å². The summed E-state index contributed by atoms with van der Waals surface area (Å²) in [5.74, 6) is 0.526. The standard InChI is InChI=1S/C28H29N3O2S2/c1-21-7-11-25(12-8-21)29-28-30-27(20-34-28)24-9-13-26(14-10-24)35(32,33)31-17-15-23(16-18-31)19-22-5-3-2-4-6-22/h2-14,20,23H,15-19H2,1H3,(H,29,30). The van der Waals surface area contributed by atoms with Crippen LogP contribution in [0.5, 0.6) is 0 Å². The third kappa shape index (κ3) is 5.64. The number of aryl methyl sites for hydroxylation is 1. The summed E-state index contributed by atoms with van der Waals surface area (Å²) < 4.78 is 28.1. The molecule has 180 valence electrons. The van der Waals surface area contributed by atoms with Crippen LogP contribution in [0.25, 0.3) is 11.3 Å². The fourth-order valence-corrected chi connectivity index (χ4v) is 6.68. The van der Waals surface area contributed by atoms with E-state index < -0.39 is 10.0 Å². The molecule has 0 spiro atoms. The van der Waals surface area contributed by atoms with Crippen molar-refractivity contribution in [1.29, 1.82) is 0 Å². The van der Waals surface area contributed by atoms with Crippen molar-refractivity contribution in [2.45, 2.75) is 31.1 Å². The molecule has 1 aliphatic rings. The molecule has 0 radical (unpaired) electrons. The zero-order chi connectivity index (χ0) is 24.3. The minimum Gasteiger partial charge on any atom is -0.332 e. The monoisotopic (exact) mass is 503 g/mol. The smallest absolute Gasteiger partial charge is 0.243 e. The number of nitrogens with zero attached hydrogens (tertiary/aromatic N) is 2. The van der Waals surface area contributed by atoms with Gasteiger partial charge in [-0.1, -0.05) is 60.2 Å². The van der Waals surface area contributed by atoms with E-state index in [-0.39, 0.29) is 0 Å². The maximum atomic E-state index is 13.2. The lowest BCUT2D eigenvalue weighted by molar-refractivity contribution is 0.273. The number of hydrogen-bond donors (Lipinski definition) is 1. The Hall–Kier alpha value is -3.00. The summed E-state index contributed by atoms with van der Waals surface area (Å²) in [6.07, 6.45) is 2.79. The lowest BCUT2D eigenvalue weighted by Crippen LogP contribution is -2.38. The van der Waals surface area contributed by atoms with E-state index in [0.29, 0.717) is 23.9 Å². The number of hydrogen-bond acceptors (Lipinski definition) is 5. The molecule has 0 saturated carbocycles. The van der Waals surface area contributed by atoms with E-state index >= 15 is 0 Å². The van der Waals surface area contributed by atoms with Gasteiger partial charge in [0.05, 0.1) is 10.6 Å². The van der Waals surface area contributed by atoms with Crippen LogP contribution in [0.1, 0.15) is 24.0 Å². The van der Waals surface area contributed by atoms with Crippen molar-refractivity contribution in [2.75, 3.05) is 18.4 Å². The molecule has 0 unspecified atom stereocenters. The number of thiazole rings is 1. The summed E-state index contributed by atoms with van der Waals surface area (Å²) in [4.78, 5) is 5.01. The highest BCUT2D eigenvalue weighted by atomic mass is 32.2. The Balaban J connectivity index is 1.21. The number of sulfonamides is 1. The summed E-state index contributed by atoms with van der Waals surface area (Å²) in [5, 5.41) is 6.11. The summed E-state index contributed by atoms with van der Waals surface area (Å²) in [7, 11) is -3.49. The van der Waals surface area contributed by atoms with Gasteiger partial charge in [0.15, 0.2) is 5.13 Å². The lowest BCUT2D eigenvalue weighted by Gasteiger charge is -2.31. The van der Waals surface area contributed by atoms with Gasteiger partial charge in [0.25, 0.3) is 0 Å². The van der Waals surface area contributed by atoms with Crippen LogP contribution in [0.2, 0.25) is 0 Å². The van der Waals surface area contributed by atoms with Gasteiger partial charge >= 0.3 is 0 Å². The van der Waals surface area contributed by atoms with E-state index in [1.165, 1.54) is 22.5 Å². The molecule has 1 saturated heterocycles. The number of benzene rings is 3. The second kappa shape index (κ2) is 10.3. The number of nitrogens with one attached hydrogen (secondary N) is 1. The summed E-state index contributed by atoms with van der Waals surface area (Å²) in [6, 6.07) is 25.7. The molecule has 1 fully saturated rings. The predicted octanol–water partition coefficient (Wildman–Crippen LogP) is 6.51. The maximum absolute atomic E-state index is 13.2. The highest BCUT2D eigenvalue weighted by Crippen LogP contribution is 2.30. The average Bonchev–Trinajstić information content (AvgIpc) is 3.35. The predicted molar refractivity (Wildman–Crippen MR) is 144 cm³/mol. The van der Waals surface area contributed by atoms with Gasteiger partial charge < -0.3 is 5.32 Å². The van der Waals surface area contributed by atoms with E-state index in [9.17, 15) is 8.42 Å². The quantitative estimate of drug-likeness (QED) is 0.312. The van der Waals surface area contributed by atoms with Gasteiger partial charge in [-0.25, -0.2) is 13.4 Å². The molecular weight excluding hydrogens is 474 g/mol. The van der Waals surface area contributed by atoms with Crippen molar-refractivity contribution in [2.24, 2.45) is 5.92 Å². The maximum Gasteiger partial charge on any atom is 0.243 e. The normalized spacial score (nSPS) is 15.2. The van der Waals surface area contributed by atoms with E-state index in [0.717, 1.165) is 41.3 Å². The summed E-state index contributed by atoms with van der Waals surface area (Å²) in [6.45, 7) is 3.20. The molecular formula is C28H29N3O2S2. The summed E-state index contributed by atoms with van der Waals surface area (Å²) in [5.41, 5.74) is 5.25. The van der Waals surface area contributed by atoms with Crippen LogP contribution in [0, 0.1) is 12.8 Å². The van der Waals surface area contributed by atoms with Gasteiger partial charge in [-0.2, -0.15) is 4.31 Å². The topological polar surface area (TPSA) is 62.3 Å². The van der Waals surface area contributed by atoms with Crippen molar-refractivity contribution in [3.8, 4) is 11.3 Å². The fraction of sp³-hybridized carbons (Fsp3) is 0.250. The number of rotatable bonds is 7. The molecule has 0 bridgehead atoms. The Bertz CT molecular complexity index is 1360. The van der Waals surface area contributed by atoms with Crippen LogP contribution in [-0.4, -0.2) is 30.8 Å². The number of anilines is 2. The van der Waals surface area contributed by atoms with Gasteiger partial charge in [-0.3, -0.25) is 0 Å². The zero-order valence-electron chi connectivity index (χ0n) is 19.7. The molecule has 1 aromatic heterocycles. The average molecular weight is 504 g/mol. The number of aromatic nitrogens is 1. The van der Waals surface area contributed by atoms with Crippen LogP contribution < -0.4 is 5.32 Å². The van der Waals surface area contributed by atoms with Crippen molar-refractivity contribution >= 4 is 32.2 Å². The minimum atomic E-state index is -3.49. The van der Waals surface area contributed by atoms with Crippen LogP contribution in [0.4, 0.5) is 10.8 Å². The third-order valence-corrected chi connectivity index (χ3v) is 9.21. The first kappa shape index (κ1) is 23.7. The van der Waals surface area contributed by atoms with Crippen molar-refractivity contribution in [3.05, 3.63) is 95.4 Å². The molecule has 5 rings (SSSR count). The van der Waals surface area contributed by atoms with Crippen molar-refractivity contribution < 1.29 is 8.42 Å². The Morgan fingerprint density at radius 3 is 2.31 bits per heavy atom. The second-order valence-corrected chi connectivity index (χ2v) is 11.9. The molecule has 0 aliphatic carbocycles. The first-order valence-corrected chi connectivity index (χ1v) is 14.2. The Morgan fingerprint density at radius 2 is 1.63 bits per heavy atom. The van der Waals surface area contributed by atoms with E-state index in [2.05, 4.69) is 53.6 Å². The lowest BCUT2D eigenvalue weighted by atomic mass is 9.91. The molecule has 35 heavy (non-hydrogen) atoms. The first-order valence-electron chi connectivity index (χ1n) is 11.9. The van der Waals surface area contributed by atoms with Crippen LogP contribution in [-0.2, 0) is 16.4 Å². The van der Waals surface area contributed by atoms with Gasteiger partial charge in [0.2, 0.25) is 10.0 Å². The molecule has 3 aromatic carbocycles. The second-order valence-electron chi connectivity index (χ2n) is 9.09. The van der Waals surface area contributed by atoms with Crippen LogP contribution in [0.15, 0.2) is 89.1 Å². The molecule has 1 aliphatic heterocycles. The van der Waals surface area contributed by atoms with Crippen molar-refractivity contribution in [3.63, 3.8) is 0 Å². The fourth-order valence-electron chi connectivity index (χ4n) is 4.47. The van der Waals surface area contributed by atoms with Gasteiger partial charge in [0, 0.05) is 29.7 Å². The minimum absolute atomic E-state index is 0.344. The molecule has 7 heteroatoms. The highest BCUT2D eigenvalue weighted by Gasteiger charge is 2.29. The third-order valence-electron chi connectivity index (χ3n) is 6.54. The Labute approximate surface area is 211 Å². The highest BCUT2D eigenvalue weighted by molar-refractivity contribution is 7.89.